The van der Waals surface area contributed by atoms with Crippen LogP contribution in [-0.4, -0.2) is 19.7 Å². The number of benzene rings is 1. The largest absolute Gasteiger partial charge is 0.363 e. The molecule has 2 aromatic heterocycles. The summed E-state index contributed by atoms with van der Waals surface area (Å²) >= 11 is 6.14. The van der Waals surface area contributed by atoms with Crippen LogP contribution in [0.4, 0.5) is 5.82 Å². The molecule has 0 fully saturated rings. The highest BCUT2D eigenvalue weighted by Gasteiger charge is 2.05. The van der Waals surface area contributed by atoms with Gasteiger partial charge in [0.25, 0.3) is 0 Å². The smallest absolute Gasteiger partial charge is 0.145 e. The van der Waals surface area contributed by atoms with Gasteiger partial charge in [0, 0.05) is 17.5 Å². The molecule has 0 bridgehead atoms. The van der Waals surface area contributed by atoms with Crippen molar-refractivity contribution in [2.24, 2.45) is 7.05 Å². The topological polar surface area (TPSA) is 55.6 Å². The predicted octanol–water partition coefficient (Wildman–Crippen LogP) is 2.94. The molecule has 0 saturated heterocycles. The van der Waals surface area contributed by atoms with Gasteiger partial charge < -0.3 is 5.32 Å². The maximum Gasteiger partial charge on any atom is 0.145 e. The van der Waals surface area contributed by atoms with Gasteiger partial charge in [-0.25, -0.2) is 9.97 Å². The van der Waals surface area contributed by atoms with Gasteiger partial charge >= 0.3 is 0 Å². The zero-order chi connectivity index (χ0) is 14.1. The lowest BCUT2D eigenvalue weighted by molar-refractivity contribution is 0.711. The lowest BCUT2D eigenvalue weighted by atomic mass is 10.1. The number of aryl methyl sites for hydroxylation is 2. The molecule has 1 aromatic carbocycles. The number of pyridine rings is 1. The summed E-state index contributed by atoms with van der Waals surface area (Å²) in [6, 6.07) is 7.86. The van der Waals surface area contributed by atoms with E-state index in [1.54, 1.807) is 4.68 Å². The zero-order valence-electron chi connectivity index (χ0n) is 11.3. The summed E-state index contributed by atoms with van der Waals surface area (Å²) in [4.78, 5) is 8.78. The van der Waals surface area contributed by atoms with Gasteiger partial charge in [0.1, 0.15) is 18.0 Å². The minimum absolute atomic E-state index is 0.578. The van der Waals surface area contributed by atoms with Crippen LogP contribution >= 0.6 is 11.6 Å². The maximum absolute atomic E-state index is 6.14. The number of fused-ring (bicyclic) bond motifs is 1. The van der Waals surface area contributed by atoms with Crippen LogP contribution in [0.3, 0.4) is 0 Å². The lowest BCUT2D eigenvalue weighted by Gasteiger charge is -2.08. The summed E-state index contributed by atoms with van der Waals surface area (Å²) in [5.74, 6) is 1.65. The van der Waals surface area contributed by atoms with Gasteiger partial charge in [0.2, 0.25) is 0 Å². The van der Waals surface area contributed by atoms with E-state index in [-0.39, 0.29) is 0 Å². The molecule has 0 aliphatic carbocycles. The molecule has 0 aliphatic heterocycles. The Labute approximate surface area is 121 Å². The predicted molar refractivity (Wildman–Crippen MR) is 79.8 cm³/mol. The van der Waals surface area contributed by atoms with Crippen molar-refractivity contribution in [2.45, 2.75) is 13.5 Å². The second kappa shape index (κ2) is 5.09. The third kappa shape index (κ3) is 2.32. The van der Waals surface area contributed by atoms with Gasteiger partial charge in [-0.05, 0) is 30.7 Å². The van der Waals surface area contributed by atoms with E-state index >= 15 is 0 Å². The van der Waals surface area contributed by atoms with E-state index in [0.29, 0.717) is 6.54 Å². The molecule has 0 spiro atoms. The summed E-state index contributed by atoms with van der Waals surface area (Å²) in [5, 5.41) is 9.09. The van der Waals surface area contributed by atoms with E-state index in [1.807, 2.05) is 38.2 Å². The average molecular weight is 288 g/mol. The Balaban J connectivity index is 1.89. The van der Waals surface area contributed by atoms with Gasteiger partial charge in [-0.3, -0.25) is 4.68 Å². The Morgan fingerprint density at radius 2 is 2.05 bits per heavy atom. The van der Waals surface area contributed by atoms with Crippen LogP contribution in [0.15, 0.2) is 30.6 Å². The molecule has 0 saturated carbocycles. The Morgan fingerprint density at radius 3 is 2.80 bits per heavy atom. The van der Waals surface area contributed by atoms with Gasteiger partial charge in [-0.1, -0.05) is 17.7 Å². The average Bonchev–Trinajstić information content (AvgIpc) is 2.86. The fraction of sp³-hybridized carbons (Fsp3) is 0.214. The number of halogens is 1. The van der Waals surface area contributed by atoms with Gasteiger partial charge in [-0.15, -0.1) is 0 Å². The highest BCUT2D eigenvalue weighted by atomic mass is 35.5. The van der Waals surface area contributed by atoms with E-state index in [9.17, 15) is 0 Å². The fourth-order valence-corrected chi connectivity index (χ4v) is 2.21. The van der Waals surface area contributed by atoms with Crippen LogP contribution in [0, 0.1) is 6.92 Å². The fourth-order valence-electron chi connectivity index (χ4n) is 2.05. The van der Waals surface area contributed by atoms with Crippen molar-refractivity contribution >= 4 is 28.3 Å². The first-order valence-electron chi connectivity index (χ1n) is 6.28. The molecule has 0 aliphatic rings. The first-order chi connectivity index (χ1) is 9.65. The van der Waals surface area contributed by atoms with E-state index < -0.39 is 0 Å². The first kappa shape index (κ1) is 12.9. The van der Waals surface area contributed by atoms with Crippen molar-refractivity contribution in [3.05, 3.63) is 47.0 Å². The molecular formula is C14H14ClN5. The van der Waals surface area contributed by atoms with Crippen molar-refractivity contribution in [1.82, 2.24) is 19.7 Å². The normalized spacial score (nSPS) is 10.9. The summed E-state index contributed by atoms with van der Waals surface area (Å²) in [6.07, 6.45) is 1.54. The number of rotatable bonds is 3. The Bertz CT molecular complexity index is 765. The molecular weight excluding hydrogens is 274 g/mol. The lowest BCUT2D eigenvalue weighted by Crippen LogP contribution is -2.07. The molecule has 3 rings (SSSR count). The number of nitrogens with one attached hydrogen (secondary N) is 1. The molecule has 0 unspecified atom stereocenters. The summed E-state index contributed by atoms with van der Waals surface area (Å²) in [7, 11) is 1.86. The van der Waals surface area contributed by atoms with Crippen molar-refractivity contribution in [3.63, 3.8) is 0 Å². The van der Waals surface area contributed by atoms with E-state index in [2.05, 4.69) is 20.4 Å². The van der Waals surface area contributed by atoms with Gasteiger partial charge in [-0.2, -0.15) is 5.10 Å². The molecule has 0 amide bonds. The Morgan fingerprint density at radius 1 is 1.25 bits per heavy atom. The SMILES string of the molecule is Cc1c(Cl)ccc2ccc(NCc3ncnn3C)nc12. The Kier molecular flexibility index (Phi) is 3.28. The maximum atomic E-state index is 6.14. The van der Waals surface area contributed by atoms with Crippen molar-refractivity contribution in [2.75, 3.05) is 5.32 Å². The highest BCUT2D eigenvalue weighted by molar-refractivity contribution is 6.32. The molecule has 6 heteroatoms. The van der Waals surface area contributed by atoms with Crippen molar-refractivity contribution in [1.29, 1.82) is 0 Å². The minimum atomic E-state index is 0.578. The quantitative estimate of drug-likeness (QED) is 0.805. The molecule has 20 heavy (non-hydrogen) atoms. The third-order valence-corrected chi connectivity index (χ3v) is 3.69. The van der Waals surface area contributed by atoms with Crippen molar-refractivity contribution < 1.29 is 0 Å². The second-order valence-corrected chi connectivity index (χ2v) is 5.00. The zero-order valence-corrected chi connectivity index (χ0v) is 12.0. The highest BCUT2D eigenvalue weighted by Crippen LogP contribution is 2.25. The molecule has 5 nitrogen and oxygen atoms in total. The van der Waals surface area contributed by atoms with Crippen LogP contribution < -0.4 is 5.32 Å². The minimum Gasteiger partial charge on any atom is -0.363 e. The number of hydrogen-bond donors (Lipinski definition) is 1. The molecule has 3 aromatic rings. The monoisotopic (exact) mass is 287 g/mol. The first-order valence-corrected chi connectivity index (χ1v) is 6.65. The summed E-state index contributed by atoms with van der Waals surface area (Å²) < 4.78 is 1.73. The number of anilines is 1. The van der Waals surface area contributed by atoms with E-state index in [0.717, 1.165) is 33.1 Å². The van der Waals surface area contributed by atoms with Crippen LogP contribution in [-0.2, 0) is 13.6 Å². The molecule has 1 N–H and O–H groups in total. The van der Waals surface area contributed by atoms with Crippen LogP contribution in [0.25, 0.3) is 10.9 Å². The van der Waals surface area contributed by atoms with Crippen LogP contribution in [0.1, 0.15) is 11.4 Å². The number of nitrogens with zero attached hydrogens (tertiary/aromatic N) is 4. The summed E-state index contributed by atoms with van der Waals surface area (Å²) in [5.41, 5.74) is 1.91. The van der Waals surface area contributed by atoms with Gasteiger partial charge in [0.05, 0.1) is 12.1 Å². The second-order valence-electron chi connectivity index (χ2n) is 4.59. The van der Waals surface area contributed by atoms with Crippen LogP contribution in [0.5, 0.6) is 0 Å². The standard InChI is InChI=1S/C14H14ClN5/c1-9-11(15)5-3-10-4-6-12(19-14(9)10)16-7-13-17-8-18-20(13)2/h3-6,8H,7H2,1-2H3,(H,16,19). The van der Waals surface area contributed by atoms with Crippen LogP contribution in [0.2, 0.25) is 5.02 Å². The van der Waals surface area contributed by atoms with E-state index in [1.165, 1.54) is 6.33 Å². The Hall–Kier alpha value is -2.14. The van der Waals surface area contributed by atoms with E-state index in [4.69, 9.17) is 11.6 Å². The number of aromatic nitrogens is 4. The number of hydrogen-bond acceptors (Lipinski definition) is 4. The molecule has 0 radical (unpaired) electrons. The third-order valence-electron chi connectivity index (χ3n) is 3.28. The summed E-state index contributed by atoms with van der Waals surface area (Å²) in [6.45, 7) is 2.55. The van der Waals surface area contributed by atoms with Crippen molar-refractivity contribution in [3.8, 4) is 0 Å². The molecule has 102 valence electrons. The molecule has 2 heterocycles. The van der Waals surface area contributed by atoms with Gasteiger partial charge in [0.15, 0.2) is 0 Å². The molecule has 0 atom stereocenters.